The quantitative estimate of drug-likeness (QED) is 0.759. The van der Waals surface area contributed by atoms with E-state index in [0.29, 0.717) is 16.8 Å². The molecule has 0 unspecified atom stereocenters. The Balaban J connectivity index is 2.21. The van der Waals surface area contributed by atoms with Crippen LogP contribution in [0.4, 0.5) is 0 Å². The molecule has 0 bridgehead atoms. The van der Waals surface area contributed by atoms with E-state index in [0.717, 1.165) is 16.4 Å². The van der Waals surface area contributed by atoms with Crippen molar-refractivity contribution in [3.63, 3.8) is 0 Å². The van der Waals surface area contributed by atoms with Crippen molar-refractivity contribution in [2.75, 3.05) is 0 Å². The van der Waals surface area contributed by atoms with Crippen molar-refractivity contribution >= 4 is 5.97 Å². The zero-order valence-electron chi connectivity index (χ0n) is 12.7. The maximum absolute atomic E-state index is 11.7. The first-order chi connectivity index (χ1) is 12.0. The summed E-state index contributed by atoms with van der Waals surface area (Å²) in [5.41, 5.74) is 0.637. The van der Waals surface area contributed by atoms with E-state index in [9.17, 15) is 14.7 Å². The van der Waals surface area contributed by atoms with E-state index in [1.165, 1.54) is 0 Å². The van der Waals surface area contributed by atoms with Gasteiger partial charge in [-0.3, -0.25) is 4.79 Å². The van der Waals surface area contributed by atoms with Crippen LogP contribution < -0.4 is 5.43 Å². The third-order valence-electron chi connectivity index (χ3n) is 3.58. The highest BCUT2D eigenvalue weighted by Gasteiger charge is 2.17. The van der Waals surface area contributed by atoms with Crippen molar-refractivity contribution < 1.29 is 15.0 Å². The Labute approximate surface area is 141 Å². The molecule has 3 rings (SSSR count). The molecule has 2 N–H and O–H groups in total. The maximum atomic E-state index is 11.7. The zero-order chi connectivity index (χ0) is 18.0. The molecule has 1 heterocycles. The highest BCUT2D eigenvalue weighted by Crippen LogP contribution is 2.26. The number of carboxylic acid groups (broad SMARTS) is 1. The molecule has 0 saturated heterocycles. The number of benzene rings is 2. The number of aromatic hydroxyl groups is 1. The Morgan fingerprint density at radius 3 is 2.44 bits per heavy atom. The molecule has 1 aromatic heterocycles. The molecule has 0 saturated carbocycles. The summed E-state index contributed by atoms with van der Waals surface area (Å²) in [5.74, 6) is -2.23. The standard InChI is InChI=1S/C18H11N3O4/c19-9-11-5-7-12(8-6-11)13-3-1-2-4-14(13)21-10-15(22)17(23)16(20-21)18(24)25/h1-8,10,22H,(H,24,25). The molecule has 0 spiro atoms. The smallest absolute Gasteiger partial charge is 0.360 e. The normalized spacial score (nSPS) is 10.2. The number of aromatic carboxylic acids is 1. The molecule has 0 aliphatic rings. The van der Waals surface area contributed by atoms with E-state index in [4.69, 9.17) is 10.4 Å². The Kier molecular flexibility index (Phi) is 4.02. The van der Waals surface area contributed by atoms with Crippen LogP contribution in [0.2, 0.25) is 0 Å². The Morgan fingerprint density at radius 2 is 1.80 bits per heavy atom. The van der Waals surface area contributed by atoms with Crippen LogP contribution in [-0.4, -0.2) is 26.0 Å². The number of rotatable bonds is 3. The average molecular weight is 333 g/mol. The van der Waals surface area contributed by atoms with E-state index in [-0.39, 0.29) is 0 Å². The zero-order valence-corrected chi connectivity index (χ0v) is 12.7. The fourth-order valence-corrected chi connectivity index (χ4v) is 2.38. The highest BCUT2D eigenvalue weighted by molar-refractivity contribution is 5.85. The van der Waals surface area contributed by atoms with Gasteiger partial charge < -0.3 is 10.2 Å². The summed E-state index contributed by atoms with van der Waals surface area (Å²) in [4.78, 5) is 22.8. The molecule has 122 valence electrons. The molecule has 7 heteroatoms. The van der Waals surface area contributed by atoms with Crippen molar-refractivity contribution in [3.05, 3.63) is 76.2 Å². The van der Waals surface area contributed by atoms with E-state index >= 15 is 0 Å². The summed E-state index contributed by atoms with van der Waals surface area (Å²) in [5, 5.41) is 31.5. The first kappa shape index (κ1) is 16.0. The van der Waals surface area contributed by atoms with Crippen LogP contribution in [0.25, 0.3) is 16.8 Å². The maximum Gasteiger partial charge on any atom is 0.360 e. The van der Waals surface area contributed by atoms with Crippen LogP contribution in [0.3, 0.4) is 0 Å². The van der Waals surface area contributed by atoms with Gasteiger partial charge in [0.15, 0.2) is 5.75 Å². The number of hydrogen-bond acceptors (Lipinski definition) is 5. The third kappa shape index (κ3) is 2.96. The number of para-hydroxylation sites is 1. The Hall–Kier alpha value is -3.92. The topological polar surface area (TPSA) is 116 Å². The fourth-order valence-electron chi connectivity index (χ4n) is 2.38. The number of carbonyl (C=O) groups is 1. The van der Waals surface area contributed by atoms with Gasteiger partial charge in [-0.1, -0.05) is 30.3 Å². The summed E-state index contributed by atoms with van der Waals surface area (Å²) in [7, 11) is 0. The second-order valence-electron chi connectivity index (χ2n) is 5.15. The molecule has 0 fully saturated rings. The molecule has 0 aliphatic heterocycles. The second kappa shape index (κ2) is 6.29. The molecule has 25 heavy (non-hydrogen) atoms. The summed E-state index contributed by atoms with van der Waals surface area (Å²) in [6.07, 6.45) is 1.07. The molecule has 0 aliphatic carbocycles. The van der Waals surface area contributed by atoms with Gasteiger partial charge in [0.1, 0.15) is 0 Å². The molecular formula is C18H11N3O4. The summed E-state index contributed by atoms with van der Waals surface area (Å²) >= 11 is 0. The first-order valence-electron chi connectivity index (χ1n) is 7.17. The van der Waals surface area contributed by atoms with E-state index in [1.807, 2.05) is 6.07 Å². The predicted octanol–water partition coefficient (Wildman–Crippen LogP) is 2.17. The van der Waals surface area contributed by atoms with Gasteiger partial charge in [-0.25, -0.2) is 9.48 Å². The van der Waals surface area contributed by atoms with Crippen molar-refractivity contribution in [3.8, 4) is 28.6 Å². The lowest BCUT2D eigenvalue weighted by molar-refractivity contribution is 0.0686. The molecule has 7 nitrogen and oxygen atoms in total. The molecule has 2 aromatic carbocycles. The molecular weight excluding hydrogens is 322 g/mol. The van der Waals surface area contributed by atoms with Gasteiger partial charge in [0.2, 0.25) is 5.69 Å². The van der Waals surface area contributed by atoms with Gasteiger partial charge in [0.05, 0.1) is 23.5 Å². The first-order valence-corrected chi connectivity index (χ1v) is 7.17. The van der Waals surface area contributed by atoms with Gasteiger partial charge in [0.25, 0.3) is 5.43 Å². The van der Waals surface area contributed by atoms with Crippen LogP contribution >= 0.6 is 0 Å². The average Bonchev–Trinajstić information content (AvgIpc) is 2.63. The number of hydrogen-bond donors (Lipinski definition) is 2. The predicted molar refractivity (Wildman–Crippen MR) is 88.6 cm³/mol. The minimum atomic E-state index is -1.52. The van der Waals surface area contributed by atoms with Gasteiger partial charge >= 0.3 is 5.97 Å². The Bertz CT molecular complexity index is 1060. The van der Waals surface area contributed by atoms with Crippen LogP contribution in [0, 0.1) is 11.3 Å². The van der Waals surface area contributed by atoms with Gasteiger partial charge in [-0.05, 0) is 23.8 Å². The molecule has 3 aromatic rings. The summed E-state index contributed by atoms with van der Waals surface area (Å²) in [6.45, 7) is 0. The minimum absolute atomic E-state index is 0.477. The van der Waals surface area contributed by atoms with E-state index < -0.39 is 22.8 Å². The second-order valence-corrected chi connectivity index (χ2v) is 5.15. The van der Waals surface area contributed by atoms with E-state index in [2.05, 4.69) is 5.10 Å². The van der Waals surface area contributed by atoms with Crippen molar-refractivity contribution in [2.24, 2.45) is 0 Å². The Morgan fingerprint density at radius 1 is 1.12 bits per heavy atom. The van der Waals surface area contributed by atoms with Gasteiger partial charge in [0, 0.05) is 5.56 Å². The van der Waals surface area contributed by atoms with Crippen molar-refractivity contribution in [2.45, 2.75) is 0 Å². The lowest BCUT2D eigenvalue weighted by Gasteiger charge is -2.12. The SMILES string of the molecule is N#Cc1ccc(-c2ccccc2-n2cc(O)c(=O)c(C(=O)O)n2)cc1. The van der Waals surface area contributed by atoms with Gasteiger partial charge in [-0.15, -0.1) is 0 Å². The minimum Gasteiger partial charge on any atom is -0.503 e. The highest BCUT2D eigenvalue weighted by atomic mass is 16.4. The van der Waals surface area contributed by atoms with Crippen molar-refractivity contribution in [1.82, 2.24) is 9.78 Å². The molecule has 0 amide bonds. The lowest BCUT2D eigenvalue weighted by atomic mass is 10.0. The third-order valence-corrected chi connectivity index (χ3v) is 3.58. The number of aromatic nitrogens is 2. The fraction of sp³-hybridized carbons (Fsp3) is 0. The van der Waals surface area contributed by atoms with Crippen LogP contribution in [0.15, 0.2) is 59.5 Å². The summed E-state index contributed by atoms with van der Waals surface area (Å²) in [6, 6.07) is 15.8. The largest absolute Gasteiger partial charge is 0.503 e. The number of nitrogens with zero attached hydrogens (tertiary/aromatic N) is 3. The van der Waals surface area contributed by atoms with E-state index in [1.54, 1.807) is 48.5 Å². The van der Waals surface area contributed by atoms with Crippen molar-refractivity contribution in [1.29, 1.82) is 5.26 Å². The summed E-state index contributed by atoms with van der Waals surface area (Å²) < 4.78 is 1.15. The van der Waals surface area contributed by atoms with Crippen LogP contribution in [0.1, 0.15) is 16.1 Å². The number of carboxylic acids is 1. The van der Waals surface area contributed by atoms with Gasteiger partial charge in [-0.2, -0.15) is 10.4 Å². The molecule has 0 atom stereocenters. The number of nitriles is 1. The van der Waals surface area contributed by atoms with Crippen LogP contribution in [-0.2, 0) is 0 Å². The lowest BCUT2D eigenvalue weighted by Crippen LogP contribution is -2.21. The monoisotopic (exact) mass is 333 g/mol. The van der Waals surface area contributed by atoms with Crippen LogP contribution in [0.5, 0.6) is 5.75 Å². The molecule has 0 radical (unpaired) electrons.